The van der Waals surface area contributed by atoms with Gasteiger partial charge in [0.2, 0.25) is 0 Å². The van der Waals surface area contributed by atoms with Crippen molar-refractivity contribution in [1.82, 2.24) is 10.6 Å². The van der Waals surface area contributed by atoms with E-state index in [1.54, 1.807) is 13.2 Å². The first-order valence-electron chi connectivity index (χ1n) is 7.71. The Hall–Kier alpha value is -2.40. The monoisotopic (exact) mass is 348 g/mol. The van der Waals surface area contributed by atoms with Crippen LogP contribution < -0.4 is 20.1 Å². The molecule has 2 amide bonds. The third kappa shape index (κ3) is 6.01. The van der Waals surface area contributed by atoms with Crippen LogP contribution >= 0.6 is 11.6 Å². The topological polar surface area (TPSA) is 59.6 Å². The molecule has 2 aromatic rings. The third-order valence-corrected chi connectivity index (χ3v) is 3.70. The standard InChI is InChI=1S/C18H21ClN2O3/c1-23-15-7-9-16(10-8-15)24-12-4-11-20-18(22)21-13-14-5-2-3-6-17(14)19/h2-3,5-10H,4,11-13H2,1H3,(H2,20,21,22). The lowest BCUT2D eigenvalue weighted by Gasteiger charge is -2.10. The van der Waals surface area contributed by atoms with Gasteiger partial charge in [0.25, 0.3) is 0 Å². The van der Waals surface area contributed by atoms with Gasteiger partial charge in [-0.1, -0.05) is 29.8 Å². The van der Waals surface area contributed by atoms with Gasteiger partial charge in [0, 0.05) is 18.1 Å². The lowest BCUT2D eigenvalue weighted by molar-refractivity contribution is 0.238. The first-order valence-corrected chi connectivity index (χ1v) is 8.09. The molecule has 0 atom stereocenters. The van der Waals surface area contributed by atoms with Crippen molar-refractivity contribution in [1.29, 1.82) is 0 Å². The molecule has 24 heavy (non-hydrogen) atoms. The number of rotatable bonds is 8. The van der Waals surface area contributed by atoms with E-state index in [-0.39, 0.29) is 6.03 Å². The summed E-state index contributed by atoms with van der Waals surface area (Å²) in [5.74, 6) is 1.57. The molecule has 0 aliphatic heterocycles. The molecule has 0 aromatic heterocycles. The van der Waals surface area contributed by atoms with Crippen molar-refractivity contribution < 1.29 is 14.3 Å². The first kappa shape index (κ1) is 17.9. The maximum Gasteiger partial charge on any atom is 0.315 e. The molecule has 0 saturated carbocycles. The Labute approximate surface area is 146 Å². The van der Waals surface area contributed by atoms with E-state index < -0.39 is 0 Å². The molecule has 0 unspecified atom stereocenters. The minimum atomic E-state index is -0.223. The molecule has 2 N–H and O–H groups in total. The summed E-state index contributed by atoms with van der Waals surface area (Å²) in [6, 6.07) is 14.6. The molecule has 5 nitrogen and oxygen atoms in total. The number of amides is 2. The zero-order valence-electron chi connectivity index (χ0n) is 13.5. The summed E-state index contributed by atoms with van der Waals surface area (Å²) in [5.41, 5.74) is 0.886. The van der Waals surface area contributed by atoms with Gasteiger partial charge in [-0.25, -0.2) is 4.79 Å². The largest absolute Gasteiger partial charge is 0.497 e. The molecule has 2 rings (SSSR count). The van der Waals surface area contributed by atoms with Gasteiger partial charge in [-0.2, -0.15) is 0 Å². The number of benzene rings is 2. The van der Waals surface area contributed by atoms with Gasteiger partial charge in [-0.05, 0) is 42.3 Å². The number of hydrogen-bond donors (Lipinski definition) is 2. The smallest absolute Gasteiger partial charge is 0.315 e. The molecule has 0 heterocycles. The highest BCUT2D eigenvalue weighted by Crippen LogP contribution is 2.17. The van der Waals surface area contributed by atoms with E-state index in [9.17, 15) is 4.79 Å². The van der Waals surface area contributed by atoms with E-state index in [0.29, 0.717) is 31.1 Å². The maximum absolute atomic E-state index is 11.7. The first-order chi connectivity index (χ1) is 11.7. The molecule has 0 fully saturated rings. The summed E-state index contributed by atoms with van der Waals surface area (Å²) in [6.45, 7) is 1.45. The van der Waals surface area contributed by atoms with E-state index in [1.807, 2.05) is 42.5 Å². The highest BCUT2D eigenvalue weighted by Gasteiger charge is 2.02. The second-order valence-electron chi connectivity index (χ2n) is 5.08. The predicted molar refractivity (Wildman–Crippen MR) is 94.8 cm³/mol. The lowest BCUT2D eigenvalue weighted by Crippen LogP contribution is -2.36. The van der Waals surface area contributed by atoms with Crippen molar-refractivity contribution in [2.24, 2.45) is 0 Å². The Bertz CT molecular complexity index is 647. The molecule has 0 aliphatic rings. The van der Waals surface area contributed by atoms with Crippen LogP contribution in [-0.2, 0) is 6.54 Å². The Kier molecular flexibility index (Phi) is 7.23. The number of nitrogens with one attached hydrogen (secondary N) is 2. The molecule has 0 radical (unpaired) electrons. The SMILES string of the molecule is COc1ccc(OCCCNC(=O)NCc2ccccc2Cl)cc1. The van der Waals surface area contributed by atoms with Crippen molar-refractivity contribution >= 4 is 17.6 Å². The van der Waals surface area contributed by atoms with Gasteiger partial charge in [0.1, 0.15) is 11.5 Å². The van der Waals surface area contributed by atoms with Crippen molar-refractivity contribution in [2.45, 2.75) is 13.0 Å². The summed E-state index contributed by atoms with van der Waals surface area (Å²) in [5, 5.41) is 6.20. The maximum atomic E-state index is 11.7. The number of carbonyl (C=O) groups excluding carboxylic acids is 1. The predicted octanol–water partition coefficient (Wildman–Crippen LogP) is 3.62. The summed E-state index contributed by atoms with van der Waals surface area (Å²) >= 11 is 6.03. The molecular formula is C18H21ClN2O3. The molecule has 0 bridgehead atoms. The minimum Gasteiger partial charge on any atom is -0.497 e. The van der Waals surface area contributed by atoms with E-state index in [0.717, 1.165) is 17.1 Å². The average Bonchev–Trinajstić information content (AvgIpc) is 2.61. The van der Waals surface area contributed by atoms with Crippen molar-refractivity contribution in [2.75, 3.05) is 20.3 Å². The van der Waals surface area contributed by atoms with E-state index >= 15 is 0 Å². The van der Waals surface area contributed by atoms with Crippen LogP contribution in [0.5, 0.6) is 11.5 Å². The number of methoxy groups -OCH3 is 1. The number of hydrogen-bond acceptors (Lipinski definition) is 3. The zero-order valence-corrected chi connectivity index (χ0v) is 14.3. The fourth-order valence-corrected chi connectivity index (χ4v) is 2.22. The number of halogens is 1. The molecule has 2 aromatic carbocycles. The van der Waals surface area contributed by atoms with Crippen molar-refractivity contribution in [3.8, 4) is 11.5 Å². The van der Waals surface area contributed by atoms with Gasteiger partial charge in [-0.15, -0.1) is 0 Å². The second kappa shape index (κ2) is 9.67. The van der Waals surface area contributed by atoms with Crippen molar-refractivity contribution in [3.05, 3.63) is 59.1 Å². The van der Waals surface area contributed by atoms with Gasteiger partial charge >= 0.3 is 6.03 Å². The highest BCUT2D eigenvalue weighted by atomic mass is 35.5. The molecule has 0 spiro atoms. The van der Waals surface area contributed by atoms with Crippen LogP contribution in [0.25, 0.3) is 0 Å². The summed E-state index contributed by atoms with van der Waals surface area (Å²) in [4.78, 5) is 11.7. The number of ether oxygens (including phenoxy) is 2. The van der Waals surface area contributed by atoms with Crippen LogP contribution in [-0.4, -0.2) is 26.3 Å². The molecule has 0 aliphatic carbocycles. The fourth-order valence-electron chi connectivity index (χ4n) is 2.02. The number of carbonyl (C=O) groups is 1. The Morgan fingerprint density at radius 2 is 1.75 bits per heavy atom. The summed E-state index contributed by atoms with van der Waals surface area (Å²) < 4.78 is 10.7. The van der Waals surface area contributed by atoms with Gasteiger partial charge in [0.05, 0.1) is 13.7 Å². The van der Waals surface area contributed by atoms with Crippen LogP contribution in [0.3, 0.4) is 0 Å². The highest BCUT2D eigenvalue weighted by molar-refractivity contribution is 6.31. The van der Waals surface area contributed by atoms with Crippen LogP contribution in [0, 0.1) is 0 Å². The Morgan fingerprint density at radius 3 is 2.46 bits per heavy atom. The Morgan fingerprint density at radius 1 is 1.04 bits per heavy atom. The van der Waals surface area contributed by atoms with E-state index in [4.69, 9.17) is 21.1 Å². The van der Waals surface area contributed by atoms with Gasteiger partial charge in [-0.3, -0.25) is 0 Å². The quantitative estimate of drug-likeness (QED) is 0.716. The third-order valence-electron chi connectivity index (χ3n) is 3.33. The zero-order chi connectivity index (χ0) is 17.2. The molecule has 0 saturated heterocycles. The van der Waals surface area contributed by atoms with Crippen LogP contribution in [0.2, 0.25) is 5.02 Å². The van der Waals surface area contributed by atoms with Gasteiger partial charge in [0.15, 0.2) is 0 Å². The second-order valence-corrected chi connectivity index (χ2v) is 5.49. The summed E-state index contributed by atoms with van der Waals surface area (Å²) in [7, 11) is 1.62. The van der Waals surface area contributed by atoms with E-state index in [2.05, 4.69) is 10.6 Å². The van der Waals surface area contributed by atoms with E-state index in [1.165, 1.54) is 0 Å². The Balaban J connectivity index is 1.58. The molecule has 128 valence electrons. The molecule has 6 heteroatoms. The van der Waals surface area contributed by atoms with Crippen LogP contribution in [0.1, 0.15) is 12.0 Å². The minimum absolute atomic E-state index is 0.223. The normalized spacial score (nSPS) is 10.1. The summed E-state index contributed by atoms with van der Waals surface area (Å²) in [6.07, 6.45) is 0.714. The lowest BCUT2D eigenvalue weighted by atomic mass is 10.2. The molecular weight excluding hydrogens is 328 g/mol. The average molecular weight is 349 g/mol. The number of urea groups is 1. The van der Waals surface area contributed by atoms with Crippen LogP contribution in [0.15, 0.2) is 48.5 Å². The van der Waals surface area contributed by atoms with Crippen molar-refractivity contribution in [3.63, 3.8) is 0 Å². The van der Waals surface area contributed by atoms with Gasteiger partial charge < -0.3 is 20.1 Å². The van der Waals surface area contributed by atoms with Crippen LogP contribution in [0.4, 0.5) is 4.79 Å². The fraction of sp³-hybridized carbons (Fsp3) is 0.278.